The Morgan fingerprint density at radius 3 is 2.10 bits per heavy atom. The van der Waals surface area contributed by atoms with Gasteiger partial charge in [0.25, 0.3) is 0 Å². The number of hydrogen-bond donors (Lipinski definition) is 0. The zero-order valence-corrected chi connectivity index (χ0v) is 11.1. The van der Waals surface area contributed by atoms with Gasteiger partial charge in [0.05, 0.1) is 5.92 Å². The van der Waals surface area contributed by atoms with Crippen molar-refractivity contribution in [1.29, 1.82) is 0 Å². The molecule has 0 aliphatic rings. The van der Waals surface area contributed by atoms with Gasteiger partial charge < -0.3 is 4.57 Å². The fourth-order valence-corrected chi connectivity index (χ4v) is 2.45. The van der Waals surface area contributed by atoms with Crippen LogP contribution in [-0.4, -0.2) is 4.57 Å². The predicted octanol–water partition coefficient (Wildman–Crippen LogP) is 4.24. The van der Waals surface area contributed by atoms with Crippen molar-refractivity contribution in [3.05, 3.63) is 90.3 Å². The minimum Gasteiger partial charge on any atom is -0.319 e. The van der Waals surface area contributed by atoms with Gasteiger partial charge in [-0.25, -0.2) is 0 Å². The Morgan fingerprint density at radius 1 is 0.800 bits per heavy atom. The highest BCUT2D eigenvalue weighted by atomic mass is 15.0. The van der Waals surface area contributed by atoms with E-state index in [1.807, 2.05) is 42.5 Å². The van der Waals surface area contributed by atoms with E-state index < -0.39 is 0 Å². The van der Waals surface area contributed by atoms with Crippen molar-refractivity contribution in [2.24, 2.45) is 0 Å². The molecule has 0 amide bonds. The van der Waals surface area contributed by atoms with Crippen molar-refractivity contribution in [2.45, 2.75) is 5.92 Å². The average Bonchev–Trinajstić information content (AvgIpc) is 2.99. The maximum atomic E-state index is 5.78. The van der Waals surface area contributed by atoms with Crippen molar-refractivity contribution in [3.63, 3.8) is 0 Å². The highest BCUT2D eigenvalue weighted by Crippen LogP contribution is 2.26. The molecule has 1 heteroatoms. The van der Waals surface area contributed by atoms with Crippen LogP contribution in [0, 0.1) is 12.3 Å². The summed E-state index contributed by atoms with van der Waals surface area (Å²) in [5, 5.41) is 0. The Hall–Kier alpha value is -2.72. The van der Waals surface area contributed by atoms with E-state index in [2.05, 4.69) is 47.0 Å². The lowest BCUT2D eigenvalue weighted by Gasteiger charge is -2.15. The van der Waals surface area contributed by atoms with Gasteiger partial charge in [0.1, 0.15) is 0 Å². The van der Waals surface area contributed by atoms with Crippen LogP contribution >= 0.6 is 0 Å². The Bertz CT molecular complexity index is 717. The quantitative estimate of drug-likeness (QED) is 0.618. The first-order chi connectivity index (χ1) is 9.90. The highest BCUT2D eigenvalue weighted by Gasteiger charge is 2.15. The normalized spacial score (nSPS) is 11.8. The zero-order chi connectivity index (χ0) is 13.8. The molecule has 0 saturated carbocycles. The van der Waals surface area contributed by atoms with Crippen molar-refractivity contribution >= 4 is 0 Å². The summed E-state index contributed by atoms with van der Waals surface area (Å²) in [6.07, 6.45) is 7.83. The molecule has 0 fully saturated rings. The number of rotatable bonds is 3. The summed E-state index contributed by atoms with van der Waals surface area (Å²) in [5.41, 5.74) is 3.39. The van der Waals surface area contributed by atoms with E-state index in [4.69, 9.17) is 6.42 Å². The molecule has 96 valence electrons. The molecular formula is C19H15N. The van der Waals surface area contributed by atoms with E-state index in [0.29, 0.717) is 0 Å². The smallest absolute Gasteiger partial charge is 0.0855 e. The van der Waals surface area contributed by atoms with E-state index >= 15 is 0 Å². The lowest BCUT2D eigenvalue weighted by atomic mass is 9.96. The summed E-state index contributed by atoms with van der Waals surface area (Å²) in [5.74, 6) is 2.87. The molecule has 3 rings (SSSR count). The Labute approximate surface area is 119 Å². The first-order valence-electron chi connectivity index (χ1n) is 6.64. The molecular weight excluding hydrogens is 242 g/mol. The monoisotopic (exact) mass is 257 g/mol. The number of terminal acetylenes is 1. The Kier molecular flexibility index (Phi) is 3.39. The molecule has 0 radical (unpaired) electrons. The molecule has 1 atom stereocenters. The minimum absolute atomic E-state index is 0.0357. The molecule has 0 aliphatic heterocycles. The third-order valence-electron chi connectivity index (χ3n) is 3.41. The summed E-state index contributed by atoms with van der Waals surface area (Å²) in [6.45, 7) is 0. The van der Waals surface area contributed by atoms with E-state index in [-0.39, 0.29) is 5.92 Å². The molecule has 0 N–H and O–H groups in total. The van der Waals surface area contributed by atoms with E-state index in [0.717, 1.165) is 16.9 Å². The first kappa shape index (κ1) is 12.3. The maximum Gasteiger partial charge on any atom is 0.0855 e. The molecule has 1 heterocycles. The second-order valence-electron chi connectivity index (χ2n) is 4.65. The fourth-order valence-electron chi connectivity index (χ4n) is 2.45. The van der Waals surface area contributed by atoms with Crippen molar-refractivity contribution in [3.8, 4) is 18.0 Å². The maximum absolute atomic E-state index is 5.78. The topological polar surface area (TPSA) is 4.93 Å². The van der Waals surface area contributed by atoms with Crippen LogP contribution in [0.25, 0.3) is 5.69 Å². The largest absolute Gasteiger partial charge is 0.319 e. The predicted molar refractivity (Wildman–Crippen MR) is 82.9 cm³/mol. The molecule has 3 aromatic rings. The highest BCUT2D eigenvalue weighted by molar-refractivity contribution is 5.42. The fraction of sp³-hybridized carbons (Fsp3) is 0.0526. The van der Waals surface area contributed by atoms with Gasteiger partial charge in [-0.3, -0.25) is 0 Å². The third kappa shape index (κ3) is 2.24. The van der Waals surface area contributed by atoms with Gasteiger partial charge in [-0.1, -0.05) is 54.5 Å². The lowest BCUT2D eigenvalue weighted by molar-refractivity contribution is 0.906. The standard InChI is InChI=1S/C19H15N/c1-2-18(16-10-5-3-6-11-16)19-14-9-15-20(19)17-12-7-4-8-13-17/h1,3-15,18H. The molecule has 20 heavy (non-hydrogen) atoms. The number of hydrogen-bond acceptors (Lipinski definition) is 0. The molecule has 1 nitrogen and oxygen atoms in total. The van der Waals surface area contributed by atoms with Crippen LogP contribution in [0.5, 0.6) is 0 Å². The van der Waals surface area contributed by atoms with E-state index in [9.17, 15) is 0 Å². The van der Waals surface area contributed by atoms with Crippen LogP contribution in [-0.2, 0) is 0 Å². The van der Waals surface area contributed by atoms with Gasteiger partial charge >= 0.3 is 0 Å². The van der Waals surface area contributed by atoms with Gasteiger partial charge in [0, 0.05) is 17.6 Å². The summed E-state index contributed by atoms with van der Waals surface area (Å²) >= 11 is 0. The van der Waals surface area contributed by atoms with Crippen LogP contribution in [0.4, 0.5) is 0 Å². The SMILES string of the molecule is C#CC(c1ccccc1)c1cccn1-c1ccccc1. The Morgan fingerprint density at radius 2 is 1.45 bits per heavy atom. The number of aromatic nitrogens is 1. The second-order valence-corrected chi connectivity index (χ2v) is 4.65. The summed E-state index contributed by atoms with van der Waals surface area (Å²) < 4.78 is 2.15. The lowest BCUT2D eigenvalue weighted by Crippen LogP contribution is -2.05. The zero-order valence-electron chi connectivity index (χ0n) is 11.1. The van der Waals surface area contributed by atoms with Gasteiger partial charge in [0.15, 0.2) is 0 Å². The molecule has 0 spiro atoms. The third-order valence-corrected chi connectivity index (χ3v) is 3.41. The molecule has 2 aromatic carbocycles. The van der Waals surface area contributed by atoms with Crippen molar-refractivity contribution in [2.75, 3.05) is 0 Å². The van der Waals surface area contributed by atoms with Crippen molar-refractivity contribution in [1.82, 2.24) is 4.57 Å². The van der Waals surface area contributed by atoms with E-state index in [1.54, 1.807) is 0 Å². The number of nitrogens with zero attached hydrogens (tertiary/aromatic N) is 1. The summed E-state index contributed by atoms with van der Waals surface area (Å²) in [6, 6.07) is 24.6. The molecule has 0 bridgehead atoms. The molecule has 0 aliphatic carbocycles. The molecule has 1 aromatic heterocycles. The van der Waals surface area contributed by atoms with Gasteiger partial charge in [-0.2, -0.15) is 0 Å². The molecule has 1 unspecified atom stereocenters. The molecule has 0 saturated heterocycles. The summed E-state index contributed by atoms with van der Waals surface area (Å²) in [7, 11) is 0. The second kappa shape index (κ2) is 5.50. The number of benzene rings is 2. The minimum atomic E-state index is -0.0357. The van der Waals surface area contributed by atoms with Gasteiger partial charge in [0.2, 0.25) is 0 Å². The summed E-state index contributed by atoms with van der Waals surface area (Å²) in [4.78, 5) is 0. The van der Waals surface area contributed by atoms with E-state index in [1.165, 1.54) is 0 Å². The Balaban J connectivity index is 2.08. The first-order valence-corrected chi connectivity index (χ1v) is 6.64. The van der Waals surface area contributed by atoms with Crippen LogP contribution in [0.3, 0.4) is 0 Å². The van der Waals surface area contributed by atoms with Gasteiger partial charge in [-0.15, -0.1) is 6.42 Å². The van der Waals surface area contributed by atoms with Crippen LogP contribution in [0.1, 0.15) is 17.2 Å². The number of para-hydroxylation sites is 1. The van der Waals surface area contributed by atoms with Gasteiger partial charge in [-0.05, 0) is 29.8 Å². The average molecular weight is 257 g/mol. The van der Waals surface area contributed by atoms with Crippen molar-refractivity contribution < 1.29 is 0 Å². The van der Waals surface area contributed by atoms with Crippen LogP contribution in [0.15, 0.2) is 79.0 Å². The van der Waals surface area contributed by atoms with Crippen LogP contribution < -0.4 is 0 Å². The van der Waals surface area contributed by atoms with Crippen LogP contribution in [0.2, 0.25) is 0 Å².